The molecule has 3 aromatic rings. The summed E-state index contributed by atoms with van der Waals surface area (Å²) in [7, 11) is 1.59. The number of nitrogens with one attached hydrogen (secondary N) is 1. The minimum absolute atomic E-state index is 0.136. The maximum absolute atomic E-state index is 14.2. The molecule has 7 heteroatoms. The molecule has 0 bridgehead atoms. The maximum atomic E-state index is 14.2. The SMILES string of the molecule is COc1cc2c(Nc3ccc(Cl)c(Cl)c3F)ncnc2cc1C. The van der Waals surface area contributed by atoms with E-state index in [1.807, 2.05) is 19.1 Å². The molecule has 0 fully saturated rings. The predicted octanol–water partition coefficient (Wildman–Crippen LogP) is 5.14. The molecule has 0 amide bonds. The lowest BCUT2D eigenvalue weighted by atomic mass is 10.1. The van der Waals surface area contributed by atoms with E-state index in [1.54, 1.807) is 7.11 Å². The van der Waals surface area contributed by atoms with Gasteiger partial charge in [0.15, 0.2) is 5.82 Å². The summed E-state index contributed by atoms with van der Waals surface area (Å²) < 4.78 is 19.5. The van der Waals surface area contributed by atoms with Gasteiger partial charge in [-0.15, -0.1) is 0 Å². The van der Waals surface area contributed by atoms with Crippen molar-refractivity contribution in [2.24, 2.45) is 0 Å². The first-order valence-electron chi connectivity index (χ1n) is 6.71. The van der Waals surface area contributed by atoms with E-state index in [-0.39, 0.29) is 15.7 Å². The molecular weight excluding hydrogens is 340 g/mol. The Bertz CT molecular complexity index is 902. The summed E-state index contributed by atoms with van der Waals surface area (Å²) in [6, 6.07) is 6.71. The van der Waals surface area contributed by atoms with Crippen LogP contribution in [-0.2, 0) is 0 Å². The van der Waals surface area contributed by atoms with Crippen LogP contribution in [0.4, 0.5) is 15.9 Å². The average Bonchev–Trinajstić information content (AvgIpc) is 2.55. The number of nitrogens with zero attached hydrogens (tertiary/aromatic N) is 2. The van der Waals surface area contributed by atoms with Crippen LogP contribution in [0.2, 0.25) is 10.0 Å². The van der Waals surface area contributed by atoms with Crippen molar-refractivity contribution in [2.75, 3.05) is 12.4 Å². The summed E-state index contributed by atoms with van der Waals surface area (Å²) in [5.74, 6) is 0.514. The Hall–Kier alpha value is -2.11. The van der Waals surface area contributed by atoms with Gasteiger partial charge in [-0.2, -0.15) is 0 Å². The van der Waals surface area contributed by atoms with E-state index in [9.17, 15) is 4.39 Å². The molecule has 0 aliphatic rings. The fraction of sp³-hybridized carbons (Fsp3) is 0.125. The van der Waals surface area contributed by atoms with Crippen LogP contribution in [-0.4, -0.2) is 17.1 Å². The number of hydrogen-bond acceptors (Lipinski definition) is 4. The van der Waals surface area contributed by atoms with Gasteiger partial charge in [-0.25, -0.2) is 14.4 Å². The average molecular weight is 352 g/mol. The Morgan fingerprint density at radius 2 is 1.96 bits per heavy atom. The first-order chi connectivity index (χ1) is 11.0. The van der Waals surface area contributed by atoms with Crippen molar-refractivity contribution in [1.82, 2.24) is 9.97 Å². The quantitative estimate of drug-likeness (QED) is 0.664. The molecular formula is C16H12Cl2FN3O. The molecule has 0 unspecified atom stereocenters. The Kier molecular flexibility index (Phi) is 4.24. The summed E-state index contributed by atoms with van der Waals surface area (Å²) >= 11 is 11.6. The van der Waals surface area contributed by atoms with E-state index < -0.39 is 5.82 Å². The van der Waals surface area contributed by atoms with Crippen LogP contribution in [0.5, 0.6) is 5.75 Å². The molecule has 4 nitrogen and oxygen atoms in total. The predicted molar refractivity (Wildman–Crippen MR) is 90.5 cm³/mol. The van der Waals surface area contributed by atoms with Gasteiger partial charge >= 0.3 is 0 Å². The number of aromatic nitrogens is 2. The molecule has 0 saturated heterocycles. The van der Waals surface area contributed by atoms with Gasteiger partial charge in [0, 0.05) is 5.39 Å². The molecule has 0 aliphatic heterocycles. The zero-order valence-electron chi connectivity index (χ0n) is 12.3. The van der Waals surface area contributed by atoms with Crippen molar-refractivity contribution >= 4 is 45.6 Å². The van der Waals surface area contributed by atoms with Crippen LogP contribution in [0, 0.1) is 12.7 Å². The second-order valence-electron chi connectivity index (χ2n) is 4.91. The number of rotatable bonds is 3. The zero-order valence-corrected chi connectivity index (χ0v) is 13.8. The van der Waals surface area contributed by atoms with Crippen LogP contribution < -0.4 is 10.1 Å². The lowest BCUT2D eigenvalue weighted by molar-refractivity contribution is 0.412. The minimum atomic E-state index is -0.634. The topological polar surface area (TPSA) is 47.0 Å². The third kappa shape index (κ3) is 2.90. The summed E-state index contributed by atoms with van der Waals surface area (Å²) in [4.78, 5) is 8.41. The van der Waals surface area contributed by atoms with Crippen molar-refractivity contribution in [2.45, 2.75) is 6.92 Å². The van der Waals surface area contributed by atoms with Gasteiger partial charge in [-0.05, 0) is 36.8 Å². The zero-order chi connectivity index (χ0) is 16.6. The lowest BCUT2D eigenvalue weighted by Crippen LogP contribution is -1.99. The molecule has 1 aromatic heterocycles. The summed E-state index contributed by atoms with van der Waals surface area (Å²) in [5, 5.41) is 3.65. The number of ether oxygens (including phenoxy) is 1. The fourth-order valence-corrected chi connectivity index (χ4v) is 2.57. The number of halogens is 3. The molecule has 2 aromatic carbocycles. The van der Waals surface area contributed by atoms with Gasteiger partial charge in [0.25, 0.3) is 0 Å². The van der Waals surface area contributed by atoms with Crippen LogP contribution in [0.15, 0.2) is 30.6 Å². The van der Waals surface area contributed by atoms with Crippen LogP contribution in [0.25, 0.3) is 10.9 Å². The highest BCUT2D eigenvalue weighted by molar-refractivity contribution is 6.42. The van der Waals surface area contributed by atoms with Gasteiger partial charge in [-0.1, -0.05) is 23.2 Å². The Labute approximate surface area is 142 Å². The van der Waals surface area contributed by atoms with Gasteiger partial charge in [0.05, 0.1) is 28.4 Å². The number of anilines is 2. The minimum Gasteiger partial charge on any atom is -0.496 e. The molecule has 23 heavy (non-hydrogen) atoms. The summed E-state index contributed by atoms with van der Waals surface area (Å²) in [5.41, 5.74) is 1.85. The molecule has 0 radical (unpaired) electrons. The number of aryl methyl sites for hydroxylation is 1. The van der Waals surface area contributed by atoms with Crippen LogP contribution in [0.3, 0.4) is 0 Å². The number of benzene rings is 2. The van der Waals surface area contributed by atoms with E-state index in [0.29, 0.717) is 17.0 Å². The summed E-state index contributed by atoms with van der Waals surface area (Å²) in [6.45, 7) is 1.92. The fourth-order valence-electron chi connectivity index (χ4n) is 2.26. The van der Waals surface area contributed by atoms with Crippen molar-refractivity contribution < 1.29 is 9.13 Å². The smallest absolute Gasteiger partial charge is 0.166 e. The second-order valence-corrected chi connectivity index (χ2v) is 5.69. The largest absolute Gasteiger partial charge is 0.496 e. The normalized spacial score (nSPS) is 10.8. The molecule has 0 spiro atoms. The summed E-state index contributed by atoms with van der Waals surface area (Å²) in [6.07, 6.45) is 1.41. The Morgan fingerprint density at radius 1 is 1.17 bits per heavy atom. The molecule has 0 aliphatic carbocycles. The molecule has 0 atom stereocenters. The lowest BCUT2D eigenvalue weighted by Gasteiger charge is -2.12. The third-order valence-electron chi connectivity index (χ3n) is 3.44. The van der Waals surface area contributed by atoms with E-state index in [1.165, 1.54) is 18.5 Å². The van der Waals surface area contributed by atoms with E-state index in [4.69, 9.17) is 27.9 Å². The standard InChI is InChI=1S/C16H12Cl2FN3O/c1-8-5-12-9(6-13(8)23-2)16(21-7-20-12)22-11-4-3-10(17)14(18)15(11)19/h3-7H,1-2H3,(H,20,21,22). The van der Waals surface area contributed by atoms with Crippen LogP contribution in [0.1, 0.15) is 5.56 Å². The van der Waals surface area contributed by atoms with Gasteiger partial charge in [-0.3, -0.25) is 0 Å². The second kappa shape index (κ2) is 6.18. The molecule has 3 rings (SSSR count). The van der Waals surface area contributed by atoms with Crippen molar-refractivity contribution in [1.29, 1.82) is 0 Å². The highest BCUT2D eigenvalue weighted by Gasteiger charge is 2.13. The van der Waals surface area contributed by atoms with E-state index in [0.717, 1.165) is 11.1 Å². The van der Waals surface area contributed by atoms with Crippen LogP contribution >= 0.6 is 23.2 Å². The first-order valence-corrected chi connectivity index (χ1v) is 7.46. The molecule has 118 valence electrons. The maximum Gasteiger partial charge on any atom is 0.166 e. The highest BCUT2D eigenvalue weighted by atomic mass is 35.5. The van der Waals surface area contributed by atoms with E-state index >= 15 is 0 Å². The molecule has 1 heterocycles. The monoisotopic (exact) mass is 351 g/mol. The Morgan fingerprint density at radius 3 is 2.70 bits per heavy atom. The van der Waals surface area contributed by atoms with Gasteiger partial charge in [0.2, 0.25) is 0 Å². The number of fused-ring (bicyclic) bond motifs is 1. The first kappa shape index (κ1) is 15.8. The van der Waals surface area contributed by atoms with Crippen molar-refractivity contribution in [3.63, 3.8) is 0 Å². The Balaban J connectivity index is 2.12. The van der Waals surface area contributed by atoms with Gasteiger partial charge in [0.1, 0.15) is 17.9 Å². The number of hydrogen-bond donors (Lipinski definition) is 1. The van der Waals surface area contributed by atoms with E-state index in [2.05, 4.69) is 15.3 Å². The highest BCUT2D eigenvalue weighted by Crippen LogP contribution is 2.33. The van der Waals surface area contributed by atoms with Crippen molar-refractivity contribution in [3.05, 3.63) is 52.0 Å². The number of methoxy groups -OCH3 is 1. The molecule has 0 saturated carbocycles. The molecule has 1 N–H and O–H groups in total. The third-order valence-corrected chi connectivity index (χ3v) is 4.22. The van der Waals surface area contributed by atoms with Gasteiger partial charge < -0.3 is 10.1 Å². The van der Waals surface area contributed by atoms with Crippen molar-refractivity contribution in [3.8, 4) is 5.75 Å².